The molecule has 0 radical (unpaired) electrons. The third-order valence-corrected chi connectivity index (χ3v) is 2.77. The van der Waals surface area contributed by atoms with E-state index >= 15 is 0 Å². The van der Waals surface area contributed by atoms with Crippen LogP contribution in [0.3, 0.4) is 0 Å². The van der Waals surface area contributed by atoms with Crippen molar-refractivity contribution in [3.8, 4) is 0 Å². The molecule has 1 rings (SSSR count). The minimum absolute atomic E-state index is 0.234. The van der Waals surface area contributed by atoms with Gasteiger partial charge in [-0.1, -0.05) is 32.9 Å². The van der Waals surface area contributed by atoms with E-state index in [1.165, 1.54) is 0 Å². The van der Waals surface area contributed by atoms with E-state index in [9.17, 15) is 9.90 Å². The lowest BCUT2D eigenvalue weighted by Crippen LogP contribution is -2.26. The predicted octanol–water partition coefficient (Wildman–Crippen LogP) is 1.52. The monoisotopic (exact) mass is 269 g/mol. The molecule has 1 unspecified atom stereocenters. The van der Waals surface area contributed by atoms with Crippen molar-refractivity contribution < 1.29 is 14.6 Å². The highest BCUT2D eigenvalue weighted by Gasteiger charge is 2.30. The molecule has 0 aromatic carbocycles. The van der Waals surface area contributed by atoms with Crippen LogP contribution >= 0.6 is 0 Å². The van der Waals surface area contributed by atoms with Gasteiger partial charge in [0.15, 0.2) is 5.69 Å². The molecule has 0 fully saturated rings. The van der Waals surface area contributed by atoms with Gasteiger partial charge in [0.05, 0.1) is 24.9 Å². The van der Waals surface area contributed by atoms with Crippen LogP contribution in [0.15, 0.2) is 0 Å². The lowest BCUT2D eigenvalue weighted by Gasteiger charge is -2.21. The second-order valence-electron chi connectivity index (χ2n) is 5.50. The largest absolute Gasteiger partial charge is 0.461 e. The molecular formula is C13H23N3O3. The third kappa shape index (κ3) is 3.76. The number of aromatic nitrogens is 3. The summed E-state index contributed by atoms with van der Waals surface area (Å²) < 4.78 is 6.59. The highest BCUT2D eigenvalue weighted by Crippen LogP contribution is 2.25. The molecule has 0 aliphatic rings. The topological polar surface area (TPSA) is 77.2 Å². The number of rotatable bonds is 5. The van der Waals surface area contributed by atoms with E-state index in [1.54, 1.807) is 11.6 Å². The van der Waals surface area contributed by atoms with Gasteiger partial charge in [0.25, 0.3) is 0 Å². The van der Waals surface area contributed by atoms with E-state index in [1.807, 2.05) is 27.7 Å². The van der Waals surface area contributed by atoms with Crippen molar-refractivity contribution in [2.45, 2.75) is 59.1 Å². The molecule has 0 aliphatic heterocycles. The highest BCUT2D eigenvalue weighted by molar-refractivity contribution is 5.88. The van der Waals surface area contributed by atoms with Gasteiger partial charge in [0.2, 0.25) is 0 Å². The van der Waals surface area contributed by atoms with Gasteiger partial charge < -0.3 is 9.84 Å². The summed E-state index contributed by atoms with van der Waals surface area (Å²) in [6, 6.07) is 0. The van der Waals surface area contributed by atoms with Crippen molar-refractivity contribution in [3.63, 3.8) is 0 Å². The van der Waals surface area contributed by atoms with Gasteiger partial charge in [-0.2, -0.15) is 0 Å². The summed E-state index contributed by atoms with van der Waals surface area (Å²) in [5, 5.41) is 17.6. The smallest absolute Gasteiger partial charge is 0.360 e. The van der Waals surface area contributed by atoms with Crippen molar-refractivity contribution in [1.29, 1.82) is 0 Å². The van der Waals surface area contributed by atoms with Crippen LogP contribution in [0.2, 0.25) is 0 Å². The Labute approximate surface area is 113 Å². The number of ether oxygens (including phenoxy) is 1. The lowest BCUT2D eigenvalue weighted by atomic mass is 9.90. The number of hydrogen-bond donors (Lipinski definition) is 1. The maximum atomic E-state index is 11.9. The molecule has 0 spiro atoms. The normalized spacial score (nSPS) is 13.4. The molecular weight excluding hydrogens is 246 g/mol. The van der Waals surface area contributed by atoms with E-state index in [2.05, 4.69) is 10.3 Å². The first-order valence-corrected chi connectivity index (χ1v) is 6.60. The number of nitrogens with zero attached hydrogens (tertiary/aromatic N) is 3. The molecule has 0 amide bonds. The Hall–Kier alpha value is -1.43. The predicted molar refractivity (Wildman–Crippen MR) is 71.0 cm³/mol. The molecule has 0 bridgehead atoms. The SMILES string of the molecule is CCOC(=O)c1nnn(CC(O)CC)c1C(C)(C)C. The number of aliphatic hydroxyl groups excluding tert-OH is 1. The fraction of sp³-hybridized carbons (Fsp3) is 0.769. The summed E-state index contributed by atoms with van der Waals surface area (Å²) in [5.74, 6) is -0.468. The Bertz CT molecular complexity index is 435. The molecule has 0 aliphatic carbocycles. The van der Waals surface area contributed by atoms with E-state index in [-0.39, 0.29) is 11.1 Å². The molecule has 1 atom stereocenters. The summed E-state index contributed by atoms with van der Waals surface area (Å²) in [6.45, 7) is 10.2. The van der Waals surface area contributed by atoms with Gasteiger partial charge in [-0.25, -0.2) is 9.48 Å². The van der Waals surface area contributed by atoms with Crippen molar-refractivity contribution in [1.82, 2.24) is 15.0 Å². The van der Waals surface area contributed by atoms with Crippen LogP contribution in [-0.4, -0.2) is 38.8 Å². The van der Waals surface area contributed by atoms with E-state index < -0.39 is 12.1 Å². The van der Waals surface area contributed by atoms with Crippen molar-refractivity contribution in [2.24, 2.45) is 0 Å². The van der Waals surface area contributed by atoms with Gasteiger partial charge in [0, 0.05) is 5.41 Å². The van der Waals surface area contributed by atoms with E-state index in [0.717, 1.165) is 0 Å². The van der Waals surface area contributed by atoms with Crippen LogP contribution in [0.1, 0.15) is 57.2 Å². The van der Waals surface area contributed by atoms with Gasteiger partial charge in [0.1, 0.15) is 0 Å². The Morgan fingerprint density at radius 3 is 2.53 bits per heavy atom. The Kier molecular flexibility index (Phi) is 5.05. The Balaban J connectivity index is 3.16. The molecule has 0 saturated carbocycles. The Morgan fingerprint density at radius 1 is 1.42 bits per heavy atom. The lowest BCUT2D eigenvalue weighted by molar-refractivity contribution is 0.0516. The molecule has 1 heterocycles. The van der Waals surface area contributed by atoms with Gasteiger partial charge in [-0.15, -0.1) is 5.10 Å². The van der Waals surface area contributed by atoms with E-state index in [0.29, 0.717) is 25.3 Å². The van der Waals surface area contributed by atoms with Gasteiger partial charge >= 0.3 is 5.97 Å². The van der Waals surface area contributed by atoms with Crippen molar-refractivity contribution in [2.75, 3.05) is 6.61 Å². The molecule has 6 heteroatoms. The molecule has 108 valence electrons. The molecule has 0 saturated heterocycles. The zero-order valence-electron chi connectivity index (χ0n) is 12.3. The molecule has 1 aromatic rings. The van der Waals surface area contributed by atoms with Crippen LogP contribution < -0.4 is 0 Å². The van der Waals surface area contributed by atoms with Crippen LogP contribution in [0.5, 0.6) is 0 Å². The number of hydrogen-bond acceptors (Lipinski definition) is 5. The van der Waals surface area contributed by atoms with Crippen LogP contribution in [0.25, 0.3) is 0 Å². The highest BCUT2D eigenvalue weighted by atomic mass is 16.5. The standard InChI is InChI=1S/C13H23N3O3/c1-6-9(17)8-16-11(13(3,4)5)10(14-15-16)12(18)19-7-2/h9,17H,6-8H2,1-5H3. The summed E-state index contributed by atoms with van der Waals surface area (Å²) in [7, 11) is 0. The van der Waals surface area contributed by atoms with Crippen LogP contribution in [0, 0.1) is 0 Å². The fourth-order valence-corrected chi connectivity index (χ4v) is 1.85. The molecule has 6 nitrogen and oxygen atoms in total. The minimum Gasteiger partial charge on any atom is -0.461 e. The molecule has 1 aromatic heterocycles. The molecule has 19 heavy (non-hydrogen) atoms. The molecule has 1 N–H and O–H groups in total. The summed E-state index contributed by atoms with van der Waals surface area (Å²) in [6.07, 6.45) is 0.121. The first kappa shape index (κ1) is 15.6. The second-order valence-corrected chi connectivity index (χ2v) is 5.50. The second kappa shape index (κ2) is 6.14. The zero-order chi connectivity index (χ0) is 14.6. The van der Waals surface area contributed by atoms with Crippen molar-refractivity contribution in [3.05, 3.63) is 11.4 Å². The first-order chi connectivity index (χ1) is 8.81. The fourth-order valence-electron chi connectivity index (χ4n) is 1.85. The Morgan fingerprint density at radius 2 is 2.05 bits per heavy atom. The summed E-state index contributed by atoms with van der Waals surface area (Å²) in [5.41, 5.74) is 0.620. The number of carbonyl (C=O) groups is 1. The van der Waals surface area contributed by atoms with E-state index in [4.69, 9.17) is 4.74 Å². The average molecular weight is 269 g/mol. The zero-order valence-corrected chi connectivity index (χ0v) is 12.3. The summed E-state index contributed by atoms with van der Waals surface area (Å²) in [4.78, 5) is 11.9. The van der Waals surface area contributed by atoms with Crippen LogP contribution in [0.4, 0.5) is 0 Å². The first-order valence-electron chi connectivity index (χ1n) is 6.60. The van der Waals surface area contributed by atoms with Crippen molar-refractivity contribution >= 4 is 5.97 Å². The quantitative estimate of drug-likeness (QED) is 0.820. The maximum absolute atomic E-state index is 11.9. The number of aliphatic hydroxyl groups is 1. The van der Waals surface area contributed by atoms with Gasteiger partial charge in [-0.3, -0.25) is 0 Å². The minimum atomic E-state index is -0.502. The number of esters is 1. The van der Waals surface area contributed by atoms with Gasteiger partial charge in [-0.05, 0) is 13.3 Å². The third-order valence-electron chi connectivity index (χ3n) is 2.77. The average Bonchev–Trinajstić information content (AvgIpc) is 2.72. The summed E-state index contributed by atoms with van der Waals surface area (Å²) >= 11 is 0. The number of carbonyl (C=O) groups excluding carboxylic acids is 1. The van der Waals surface area contributed by atoms with Crippen LogP contribution in [-0.2, 0) is 16.7 Å². The maximum Gasteiger partial charge on any atom is 0.360 e.